The lowest BCUT2D eigenvalue weighted by Crippen LogP contribution is -2.09. The van der Waals surface area contributed by atoms with Crippen LogP contribution in [0.15, 0.2) is 36.4 Å². The molecule has 0 radical (unpaired) electrons. The largest absolute Gasteiger partial charge is 0.487 e. The van der Waals surface area contributed by atoms with E-state index in [0.29, 0.717) is 6.61 Å². The van der Waals surface area contributed by atoms with E-state index in [1.54, 1.807) is 0 Å². The van der Waals surface area contributed by atoms with Crippen molar-refractivity contribution in [3.05, 3.63) is 58.9 Å². The Balaban J connectivity index is 1.73. The minimum absolute atomic E-state index is 0.348. The maximum atomic E-state index is 10.0. The van der Waals surface area contributed by atoms with E-state index in [0.717, 1.165) is 42.0 Å². The van der Waals surface area contributed by atoms with Gasteiger partial charge < -0.3 is 9.84 Å². The Kier molecular flexibility index (Phi) is 3.70. The monoisotopic (exact) mass is 269 g/mol. The Bertz CT molecular complexity index is 610. The molecule has 3 nitrogen and oxygen atoms in total. The topological polar surface area (TPSA) is 42.4 Å². The Hall–Kier alpha value is -1.87. The van der Waals surface area contributed by atoms with E-state index in [9.17, 15) is 5.11 Å². The van der Waals surface area contributed by atoms with Gasteiger partial charge in [-0.15, -0.1) is 0 Å². The molecule has 3 heteroatoms. The Labute approximate surface area is 119 Å². The van der Waals surface area contributed by atoms with Gasteiger partial charge in [0.2, 0.25) is 0 Å². The molecule has 0 amide bonds. The van der Waals surface area contributed by atoms with Gasteiger partial charge in [-0.05, 0) is 61.6 Å². The van der Waals surface area contributed by atoms with Gasteiger partial charge in [-0.2, -0.15) is 0 Å². The van der Waals surface area contributed by atoms with Crippen LogP contribution >= 0.6 is 0 Å². The summed E-state index contributed by atoms with van der Waals surface area (Å²) in [6.45, 7) is 2.43. The molecule has 2 aromatic rings. The number of ether oxygens (including phenoxy) is 1. The smallest absolute Gasteiger partial charge is 0.130 e. The van der Waals surface area contributed by atoms with Crippen molar-refractivity contribution in [2.75, 3.05) is 0 Å². The highest BCUT2D eigenvalue weighted by Crippen LogP contribution is 2.32. The van der Waals surface area contributed by atoms with Crippen molar-refractivity contribution in [1.29, 1.82) is 0 Å². The van der Waals surface area contributed by atoms with Crippen LogP contribution in [-0.4, -0.2) is 10.1 Å². The van der Waals surface area contributed by atoms with Crippen molar-refractivity contribution < 1.29 is 9.84 Å². The molecule has 104 valence electrons. The van der Waals surface area contributed by atoms with E-state index in [1.807, 2.05) is 37.3 Å². The summed E-state index contributed by atoms with van der Waals surface area (Å²) in [6.07, 6.45) is 2.60. The Morgan fingerprint density at radius 3 is 3.05 bits per heavy atom. The molecule has 0 bridgehead atoms. The summed E-state index contributed by atoms with van der Waals surface area (Å²) in [4.78, 5) is 4.42. The molecular formula is C17H19NO2. The van der Waals surface area contributed by atoms with Crippen LogP contribution in [0.2, 0.25) is 0 Å². The highest BCUT2D eigenvalue weighted by atomic mass is 16.5. The highest BCUT2D eigenvalue weighted by Gasteiger charge is 2.18. The fourth-order valence-corrected chi connectivity index (χ4v) is 2.68. The quantitative estimate of drug-likeness (QED) is 0.929. The number of rotatable bonds is 3. The van der Waals surface area contributed by atoms with Crippen LogP contribution in [0.1, 0.15) is 41.5 Å². The van der Waals surface area contributed by atoms with E-state index in [-0.39, 0.29) is 6.10 Å². The molecule has 1 aromatic heterocycles. The van der Waals surface area contributed by atoms with Crippen molar-refractivity contribution >= 4 is 0 Å². The van der Waals surface area contributed by atoms with Crippen molar-refractivity contribution in [2.45, 2.75) is 38.9 Å². The second-order valence-electron chi connectivity index (χ2n) is 5.33. The third-order valence-corrected chi connectivity index (χ3v) is 3.73. The number of pyridine rings is 1. The number of fused-ring (bicyclic) bond motifs is 1. The van der Waals surface area contributed by atoms with Crippen LogP contribution in [0.25, 0.3) is 0 Å². The van der Waals surface area contributed by atoms with E-state index in [1.165, 1.54) is 5.56 Å². The molecule has 1 aromatic carbocycles. The first-order valence-electron chi connectivity index (χ1n) is 7.08. The molecular weight excluding hydrogens is 250 g/mol. The second-order valence-corrected chi connectivity index (χ2v) is 5.33. The first-order valence-corrected chi connectivity index (χ1v) is 7.08. The van der Waals surface area contributed by atoms with Crippen LogP contribution in [0.3, 0.4) is 0 Å². The molecule has 0 aliphatic heterocycles. The predicted molar refractivity (Wildman–Crippen MR) is 77.6 cm³/mol. The fourth-order valence-electron chi connectivity index (χ4n) is 2.68. The summed E-state index contributed by atoms with van der Waals surface area (Å²) in [5.41, 5.74) is 4.17. The number of hydrogen-bond donors (Lipinski definition) is 1. The first kappa shape index (κ1) is 13.1. The third kappa shape index (κ3) is 2.83. The molecule has 0 unspecified atom stereocenters. The van der Waals surface area contributed by atoms with Crippen LogP contribution in [0.4, 0.5) is 0 Å². The Morgan fingerprint density at radius 2 is 2.20 bits per heavy atom. The molecule has 0 spiro atoms. The first-order chi connectivity index (χ1) is 9.72. The van der Waals surface area contributed by atoms with Gasteiger partial charge in [-0.1, -0.05) is 12.1 Å². The molecule has 20 heavy (non-hydrogen) atoms. The maximum absolute atomic E-state index is 10.0. The van der Waals surface area contributed by atoms with E-state index in [4.69, 9.17) is 4.74 Å². The molecule has 1 aliphatic carbocycles. The van der Waals surface area contributed by atoms with Crippen molar-refractivity contribution in [1.82, 2.24) is 4.98 Å². The molecule has 1 N–H and O–H groups in total. The standard InChI is InChI=1S/C17H19NO2/c1-12-4-2-6-14(18-12)11-20-15-9-8-13-5-3-7-17(19)16(13)10-15/h2,4,6,8-10,17,19H,3,5,7,11H2,1H3/t17-/m0/s1. The number of aliphatic hydroxyl groups excluding tert-OH is 1. The summed E-state index contributed by atoms with van der Waals surface area (Å²) >= 11 is 0. The van der Waals surface area contributed by atoms with Crippen molar-refractivity contribution in [2.24, 2.45) is 0 Å². The lowest BCUT2D eigenvalue weighted by atomic mass is 9.89. The number of aryl methyl sites for hydroxylation is 2. The van der Waals surface area contributed by atoms with Gasteiger partial charge in [-0.25, -0.2) is 0 Å². The summed E-state index contributed by atoms with van der Waals surface area (Å²) in [5.74, 6) is 0.799. The van der Waals surface area contributed by atoms with Crippen LogP contribution < -0.4 is 4.74 Å². The van der Waals surface area contributed by atoms with Crippen LogP contribution in [0.5, 0.6) is 5.75 Å². The van der Waals surface area contributed by atoms with Crippen molar-refractivity contribution in [3.8, 4) is 5.75 Å². The molecule has 1 atom stereocenters. The molecule has 3 rings (SSSR count). The van der Waals surface area contributed by atoms with Gasteiger partial charge in [0, 0.05) is 5.69 Å². The van der Waals surface area contributed by atoms with Crippen molar-refractivity contribution in [3.63, 3.8) is 0 Å². The number of aliphatic hydroxyl groups is 1. The van der Waals surface area contributed by atoms with Gasteiger partial charge in [0.1, 0.15) is 12.4 Å². The Morgan fingerprint density at radius 1 is 1.30 bits per heavy atom. The zero-order valence-electron chi connectivity index (χ0n) is 11.7. The number of hydrogen-bond acceptors (Lipinski definition) is 3. The zero-order valence-corrected chi connectivity index (χ0v) is 11.7. The average molecular weight is 269 g/mol. The summed E-state index contributed by atoms with van der Waals surface area (Å²) < 4.78 is 5.79. The number of aromatic nitrogens is 1. The van der Waals surface area contributed by atoms with Crippen LogP contribution in [0, 0.1) is 6.92 Å². The van der Waals surface area contributed by atoms with E-state index >= 15 is 0 Å². The highest BCUT2D eigenvalue weighted by molar-refractivity contribution is 5.38. The predicted octanol–water partition coefficient (Wildman–Crippen LogP) is 3.34. The normalized spacial score (nSPS) is 17.6. The van der Waals surface area contributed by atoms with Crippen LogP contribution in [-0.2, 0) is 13.0 Å². The van der Waals surface area contributed by atoms with Gasteiger partial charge >= 0.3 is 0 Å². The molecule has 0 saturated carbocycles. The van der Waals surface area contributed by atoms with E-state index < -0.39 is 0 Å². The second kappa shape index (κ2) is 5.63. The maximum Gasteiger partial charge on any atom is 0.130 e. The van der Waals surface area contributed by atoms with Gasteiger partial charge in [0.25, 0.3) is 0 Å². The minimum atomic E-state index is -0.348. The third-order valence-electron chi connectivity index (χ3n) is 3.73. The lowest BCUT2D eigenvalue weighted by Gasteiger charge is -2.21. The van der Waals surface area contributed by atoms with Gasteiger partial charge in [-0.3, -0.25) is 4.98 Å². The molecule has 0 saturated heterocycles. The minimum Gasteiger partial charge on any atom is -0.487 e. The summed E-state index contributed by atoms with van der Waals surface area (Å²) in [7, 11) is 0. The fraction of sp³-hybridized carbons (Fsp3) is 0.353. The summed E-state index contributed by atoms with van der Waals surface area (Å²) in [5, 5.41) is 10.0. The molecule has 1 heterocycles. The van der Waals surface area contributed by atoms with Gasteiger partial charge in [0.15, 0.2) is 0 Å². The van der Waals surface area contributed by atoms with Gasteiger partial charge in [0.05, 0.1) is 11.8 Å². The zero-order chi connectivity index (χ0) is 13.9. The summed E-state index contributed by atoms with van der Waals surface area (Å²) in [6, 6.07) is 11.9. The molecule has 0 fully saturated rings. The SMILES string of the molecule is Cc1cccc(COc2ccc3c(c2)[C@@H](O)CCC3)n1. The number of nitrogens with zero attached hydrogens (tertiary/aromatic N) is 1. The lowest BCUT2D eigenvalue weighted by molar-refractivity contribution is 0.156. The number of benzene rings is 1. The van der Waals surface area contributed by atoms with E-state index in [2.05, 4.69) is 11.1 Å². The average Bonchev–Trinajstić information content (AvgIpc) is 2.46. The molecule has 1 aliphatic rings.